The van der Waals surface area contributed by atoms with Crippen molar-refractivity contribution < 1.29 is 9.59 Å². The molecule has 0 saturated heterocycles. The summed E-state index contributed by atoms with van der Waals surface area (Å²) < 4.78 is 0. The third-order valence-electron chi connectivity index (χ3n) is 5.41. The molecule has 5 nitrogen and oxygen atoms in total. The molecule has 3 N–H and O–H groups in total. The smallest absolute Gasteiger partial charge is 0.248 e. The molecule has 1 fully saturated rings. The predicted octanol–water partition coefficient (Wildman–Crippen LogP) is 3.64. The fourth-order valence-electron chi connectivity index (χ4n) is 4.02. The molecule has 1 aliphatic carbocycles. The first kappa shape index (κ1) is 17.5. The van der Waals surface area contributed by atoms with Crippen molar-refractivity contribution in [2.24, 2.45) is 10.7 Å². The van der Waals surface area contributed by atoms with Gasteiger partial charge in [-0.15, -0.1) is 0 Å². The lowest BCUT2D eigenvalue weighted by molar-refractivity contribution is -0.115. The molecule has 2 aliphatic rings. The van der Waals surface area contributed by atoms with Crippen molar-refractivity contribution in [3.63, 3.8) is 0 Å². The molecule has 1 atom stereocenters. The molecule has 138 valence electrons. The fraction of sp³-hybridized carbons (Fsp3) is 0.318. The van der Waals surface area contributed by atoms with Crippen LogP contribution in [0.4, 0.5) is 5.69 Å². The molecule has 1 aliphatic heterocycles. The Balaban J connectivity index is 1.78. The van der Waals surface area contributed by atoms with Crippen LogP contribution in [-0.4, -0.2) is 23.6 Å². The standard InChI is InChI=1S/C22H23N3O2/c23-21(26)15-11-12-17-18(13-15)25-22(27)19(17)20(14-7-3-1-4-8-14)24-16-9-5-2-6-10-16/h1,3-4,7-8,11-13,16,19H,2,5-6,9-10H2,(H2,23,26)(H,25,27). The van der Waals surface area contributed by atoms with Crippen molar-refractivity contribution in [3.05, 3.63) is 65.2 Å². The van der Waals surface area contributed by atoms with Crippen LogP contribution in [-0.2, 0) is 4.79 Å². The zero-order valence-corrected chi connectivity index (χ0v) is 15.2. The number of carbonyl (C=O) groups is 2. The van der Waals surface area contributed by atoms with E-state index in [1.165, 1.54) is 19.3 Å². The van der Waals surface area contributed by atoms with Crippen molar-refractivity contribution in [2.75, 3.05) is 5.32 Å². The van der Waals surface area contributed by atoms with Crippen LogP contribution in [0.5, 0.6) is 0 Å². The molecular weight excluding hydrogens is 338 g/mol. The van der Waals surface area contributed by atoms with Gasteiger partial charge in [0.25, 0.3) is 0 Å². The molecule has 27 heavy (non-hydrogen) atoms. The van der Waals surface area contributed by atoms with E-state index in [2.05, 4.69) is 5.32 Å². The number of hydrogen-bond acceptors (Lipinski definition) is 3. The Hall–Kier alpha value is -2.95. The van der Waals surface area contributed by atoms with Crippen LogP contribution in [0.3, 0.4) is 0 Å². The summed E-state index contributed by atoms with van der Waals surface area (Å²) in [6.07, 6.45) is 5.77. The summed E-state index contributed by atoms with van der Waals surface area (Å²) in [4.78, 5) is 29.4. The Morgan fingerprint density at radius 3 is 2.44 bits per heavy atom. The second-order valence-electron chi connectivity index (χ2n) is 7.26. The van der Waals surface area contributed by atoms with Gasteiger partial charge in [-0.1, -0.05) is 55.7 Å². The number of anilines is 1. The summed E-state index contributed by atoms with van der Waals surface area (Å²) in [6.45, 7) is 0. The predicted molar refractivity (Wildman–Crippen MR) is 106 cm³/mol. The highest BCUT2D eigenvalue weighted by molar-refractivity contribution is 6.24. The van der Waals surface area contributed by atoms with E-state index in [9.17, 15) is 9.59 Å². The minimum atomic E-state index is -0.505. The highest BCUT2D eigenvalue weighted by Gasteiger charge is 2.36. The lowest BCUT2D eigenvalue weighted by Crippen LogP contribution is -2.24. The second-order valence-corrected chi connectivity index (χ2v) is 7.26. The minimum absolute atomic E-state index is 0.106. The van der Waals surface area contributed by atoms with Crippen LogP contribution in [0.15, 0.2) is 53.5 Å². The van der Waals surface area contributed by atoms with Gasteiger partial charge in [-0.3, -0.25) is 14.6 Å². The number of benzene rings is 2. The molecular formula is C22H23N3O2. The number of carbonyl (C=O) groups excluding carboxylic acids is 2. The normalized spacial score (nSPS) is 20.2. The number of nitrogens with two attached hydrogens (primary N) is 1. The number of aliphatic imine (C=N–C) groups is 1. The van der Waals surface area contributed by atoms with Crippen LogP contribution >= 0.6 is 0 Å². The maximum Gasteiger partial charge on any atom is 0.248 e. The van der Waals surface area contributed by atoms with Crippen LogP contribution in [0.25, 0.3) is 0 Å². The van der Waals surface area contributed by atoms with E-state index >= 15 is 0 Å². The van der Waals surface area contributed by atoms with Crippen molar-refractivity contribution in [3.8, 4) is 0 Å². The van der Waals surface area contributed by atoms with E-state index in [0.29, 0.717) is 11.3 Å². The fourth-order valence-corrected chi connectivity index (χ4v) is 4.02. The number of amides is 2. The zero-order chi connectivity index (χ0) is 18.8. The van der Waals surface area contributed by atoms with E-state index < -0.39 is 11.8 Å². The summed E-state index contributed by atoms with van der Waals surface area (Å²) in [7, 11) is 0. The van der Waals surface area contributed by atoms with Crippen LogP contribution in [0.1, 0.15) is 59.5 Å². The van der Waals surface area contributed by atoms with Gasteiger partial charge in [0.05, 0.1) is 11.8 Å². The molecule has 0 spiro atoms. The highest BCUT2D eigenvalue weighted by Crippen LogP contribution is 2.36. The van der Waals surface area contributed by atoms with Gasteiger partial charge in [-0.25, -0.2) is 0 Å². The molecule has 1 saturated carbocycles. The monoisotopic (exact) mass is 361 g/mol. The second kappa shape index (κ2) is 7.35. The van der Waals surface area contributed by atoms with Crippen molar-refractivity contribution in [1.82, 2.24) is 0 Å². The van der Waals surface area contributed by atoms with Gasteiger partial charge in [0.1, 0.15) is 5.92 Å². The first-order valence-electron chi connectivity index (χ1n) is 9.51. The zero-order valence-electron chi connectivity index (χ0n) is 15.2. The van der Waals surface area contributed by atoms with Gasteiger partial charge in [0.2, 0.25) is 11.8 Å². The Morgan fingerprint density at radius 1 is 1.00 bits per heavy atom. The van der Waals surface area contributed by atoms with Crippen LogP contribution < -0.4 is 11.1 Å². The molecule has 0 bridgehead atoms. The first-order chi connectivity index (χ1) is 13.1. The molecule has 1 heterocycles. The van der Waals surface area contributed by atoms with Crippen molar-refractivity contribution in [1.29, 1.82) is 0 Å². The molecule has 5 heteroatoms. The number of nitrogens with zero attached hydrogens (tertiary/aromatic N) is 1. The molecule has 0 radical (unpaired) electrons. The number of primary amides is 1. The third-order valence-corrected chi connectivity index (χ3v) is 5.41. The number of hydrogen-bond donors (Lipinski definition) is 2. The van der Waals surface area contributed by atoms with Gasteiger partial charge in [0.15, 0.2) is 0 Å². The van der Waals surface area contributed by atoms with E-state index in [1.807, 2.05) is 36.4 Å². The molecule has 2 aromatic rings. The van der Waals surface area contributed by atoms with Crippen molar-refractivity contribution in [2.45, 2.75) is 44.1 Å². The summed E-state index contributed by atoms with van der Waals surface area (Å²) in [5, 5.41) is 2.90. The Morgan fingerprint density at radius 2 is 1.74 bits per heavy atom. The lowest BCUT2D eigenvalue weighted by atomic mass is 9.89. The maximum absolute atomic E-state index is 12.9. The van der Waals surface area contributed by atoms with Gasteiger partial charge >= 0.3 is 0 Å². The van der Waals surface area contributed by atoms with E-state index in [0.717, 1.165) is 29.7 Å². The lowest BCUT2D eigenvalue weighted by Gasteiger charge is -2.21. The minimum Gasteiger partial charge on any atom is -0.366 e. The van der Waals surface area contributed by atoms with Gasteiger partial charge < -0.3 is 11.1 Å². The Kier molecular flexibility index (Phi) is 4.75. The molecule has 2 aromatic carbocycles. The van der Waals surface area contributed by atoms with Crippen LogP contribution in [0.2, 0.25) is 0 Å². The van der Waals surface area contributed by atoms with E-state index in [1.54, 1.807) is 12.1 Å². The quantitative estimate of drug-likeness (QED) is 0.815. The first-order valence-corrected chi connectivity index (χ1v) is 9.51. The van der Waals surface area contributed by atoms with Gasteiger partial charge in [-0.2, -0.15) is 0 Å². The SMILES string of the molecule is NC(=O)c1ccc2c(c1)NC(=O)C2C(=NC1CCCCC1)c1ccccc1. The highest BCUT2D eigenvalue weighted by atomic mass is 16.2. The van der Waals surface area contributed by atoms with Crippen molar-refractivity contribution >= 4 is 23.2 Å². The maximum atomic E-state index is 12.9. The molecule has 0 aromatic heterocycles. The topological polar surface area (TPSA) is 84.5 Å². The Bertz CT molecular complexity index is 899. The van der Waals surface area contributed by atoms with E-state index in [-0.39, 0.29) is 11.9 Å². The average Bonchev–Trinajstić information content (AvgIpc) is 3.02. The summed E-state index contributed by atoms with van der Waals surface area (Å²) >= 11 is 0. The number of rotatable bonds is 4. The summed E-state index contributed by atoms with van der Waals surface area (Å²) in [5.41, 5.74) is 9.04. The van der Waals surface area contributed by atoms with Gasteiger partial charge in [-0.05, 0) is 36.1 Å². The molecule has 1 unspecified atom stereocenters. The average molecular weight is 361 g/mol. The van der Waals surface area contributed by atoms with Gasteiger partial charge in [0, 0.05) is 11.3 Å². The number of fused-ring (bicyclic) bond motifs is 1. The summed E-state index contributed by atoms with van der Waals surface area (Å²) in [6, 6.07) is 15.3. The summed E-state index contributed by atoms with van der Waals surface area (Å²) in [5.74, 6) is -1.08. The third kappa shape index (κ3) is 3.50. The molecule has 2 amide bonds. The largest absolute Gasteiger partial charge is 0.366 e. The van der Waals surface area contributed by atoms with Crippen LogP contribution in [0, 0.1) is 0 Å². The number of nitrogens with one attached hydrogen (secondary N) is 1. The van der Waals surface area contributed by atoms with E-state index in [4.69, 9.17) is 10.7 Å². The Labute approximate surface area is 158 Å². The molecule has 4 rings (SSSR count).